The maximum Gasteiger partial charge on any atom is 0.298 e. The van der Waals surface area contributed by atoms with E-state index in [1.165, 1.54) is 45.6 Å². The van der Waals surface area contributed by atoms with E-state index >= 15 is 0 Å². The van der Waals surface area contributed by atoms with Gasteiger partial charge >= 0.3 is 0 Å². The number of ether oxygens (including phenoxy) is 3. The van der Waals surface area contributed by atoms with Gasteiger partial charge in [-0.15, -0.1) is 0 Å². The average molecular weight is 389 g/mol. The van der Waals surface area contributed by atoms with Crippen LogP contribution in [0, 0.1) is 5.82 Å². The first kappa shape index (κ1) is 18.8. The van der Waals surface area contributed by atoms with Crippen molar-refractivity contribution in [1.82, 2.24) is 0 Å². The first-order valence-electron chi connectivity index (χ1n) is 7.82. The second kappa shape index (κ2) is 7.71. The van der Waals surface area contributed by atoms with Crippen molar-refractivity contribution in [1.29, 1.82) is 0 Å². The first-order valence-corrected chi connectivity index (χ1v) is 8.64. The molecular weight excluding hydrogens is 373 g/mol. The van der Waals surface area contributed by atoms with Crippen LogP contribution in [-0.4, -0.2) is 32.5 Å². The third-order valence-corrected chi connectivity index (χ3v) is 4.77. The van der Waals surface area contributed by atoms with Crippen molar-refractivity contribution >= 4 is 34.7 Å². The third-order valence-electron chi connectivity index (χ3n) is 3.90. The number of thioether (sulfide) groups is 1. The van der Waals surface area contributed by atoms with E-state index in [4.69, 9.17) is 14.2 Å². The van der Waals surface area contributed by atoms with Crippen LogP contribution in [0.4, 0.5) is 14.9 Å². The predicted molar refractivity (Wildman–Crippen MR) is 101 cm³/mol. The Kier molecular flexibility index (Phi) is 5.36. The molecule has 1 saturated heterocycles. The van der Waals surface area contributed by atoms with Crippen LogP contribution in [0.5, 0.6) is 17.2 Å². The Hall–Kier alpha value is -3.00. The van der Waals surface area contributed by atoms with Crippen LogP contribution in [-0.2, 0) is 4.79 Å². The number of hydrogen-bond donors (Lipinski definition) is 0. The van der Waals surface area contributed by atoms with E-state index in [2.05, 4.69) is 0 Å². The Balaban J connectivity index is 2.00. The molecule has 0 aromatic heterocycles. The molecule has 0 N–H and O–H groups in total. The molecule has 0 spiro atoms. The van der Waals surface area contributed by atoms with Crippen molar-refractivity contribution in [3.8, 4) is 17.2 Å². The second-order valence-electron chi connectivity index (χ2n) is 5.42. The lowest BCUT2D eigenvalue weighted by Crippen LogP contribution is -2.27. The molecule has 2 aromatic carbocycles. The molecule has 1 aliphatic heterocycles. The molecule has 1 aliphatic rings. The number of anilines is 1. The van der Waals surface area contributed by atoms with E-state index in [0.29, 0.717) is 28.5 Å². The van der Waals surface area contributed by atoms with Gasteiger partial charge in [-0.05, 0) is 54.2 Å². The molecule has 2 aromatic rings. The average Bonchev–Trinajstić information content (AvgIpc) is 2.95. The van der Waals surface area contributed by atoms with Gasteiger partial charge in [0.05, 0.1) is 31.9 Å². The smallest absolute Gasteiger partial charge is 0.298 e. The molecule has 140 valence electrons. The van der Waals surface area contributed by atoms with Crippen LogP contribution < -0.4 is 19.1 Å². The van der Waals surface area contributed by atoms with Gasteiger partial charge in [0, 0.05) is 5.56 Å². The SMILES string of the molecule is COc1ccc(/C=C2\SC(=O)N(c3ccc(F)cc3)C2=O)c(OC)c1OC. The van der Waals surface area contributed by atoms with Crippen molar-refractivity contribution in [2.75, 3.05) is 26.2 Å². The molecule has 0 unspecified atom stereocenters. The zero-order valence-electron chi connectivity index (χ0n) is 14.8. The molecule has 1 fully saturated rings. The Bertz CT molecular complexity index is 926. The highest BCUT2D eigenvalue weighted by molar-refractivity contribution is 8.19. The lowest BCUT2D eigenvalue weighted by molar-refractivity contribution is -0.113. The molecule has 2 amide bonds. The fraction of sp³-hybridized carbons (Fsp3) is 0.158. The number of halogens is 1. The number of carbonyl (C=O) groups is 2. The van der Waals surface area contributed by atoms with E-state index < -0.39 is 17.0 Å². The molecule has 8 heteroatoms. The molecule has 1 heterocycles. The molecule has 6 nitrogen and oxygen atoms in total. The molecule has 0 radical (unpaired) electrons. The summed E-state index contributed by atoms with van der Waals surface area (Å²) < 4.78 is 29.1. The summed E-state index contributed by atoms with van der Waals surface area (Å²) in [6.45, 7) is 0. The molecule has 0 atom stereocenters. The number of rotatable bonds is 5. The number of nitrogens with zero attached hydrogens (tertiary/aromatic N) is 1. The zero-order valence-corrected chi connectivity index (χ0v) is 15.6. The summed E-state index contributed by atoms with van der Waals surface area (Å²) >= 11 is 0.795. The van der Waals surface area contributed by atoms with E-state index in [-0.39, 0.29) is 4.91 Å². The quantitative estimate of drug-likeness (QED) is 0.718. The van der Waals surface area contributed by atoms with Gasteiger partial charge in [0.1, 0.15) is 5.82 Å². The zero-order chi connectivity index (χ0) is 19.6. The van der Waals surface area contributed by atoms with Crippen molar-refractivity contribution in [2.45, 2.75) is 0 Å². The van der Waals surface area contributed by atoms with E-state index in [9.17, 15) is 14.0 Å². The monoisotopic (exact) mass is 389 g/mol. The number of hydrogen-bond acceptors (Lipinski definition) is 6. The van der Waals surface area contributed by atoms with Crippen LogP contribution in [0.3, 0.4) is 0 Å². The van der Waals surface area contributed by atoms with Gasteiger partial charge in [-0.3, -0.25) is 9.59 Å². The Labute approximate surface area is 159 Å². The highest BCUT2D eigenvalue weighted by Gasteiger charge is 2.36. The number of amides is 2. The van der Waals surface area contributed by atoms with Gasteiger partial charge in [0.25, 0.3) is 11.1 Å². The number of carbonyl (C=O) groups excluding carboxylic acids is 2. The minimum atomic E-state index is -0.492. The van der Waals surface area contributed by atoms with Crippen molar-refractivity contribution < 1.29 is 28.2 Å². The van der Waals surface area contributed by atoms with Gasteiger partial charge in [0.2, 0.25) is 5.75 Å². The fourth-order valence-electron chi connectivity index (χ4n) is 2.66. The van der Waals surface area contributed by atoms with Crippen molar-refractivity contribution in [3.05, 3.63) is 52.7 Å². The molecule has 3 rings (SSSR count). The number of methoxy groups -OCH3 is 3. The maximum atomic E-state index is 13.1. The highest BCUT2D eigenvalue weighted by Crippen LogP contribution is 2.42. The summed E-state index contributed by atoms with van der Waals surface area (Å²) in [7, 11) is 4.45. The summed E-state index contributed by atoms with van der Waals surface area (Å²) in [4.78, 5) is 26.2. The number of imide groups is 1. The standard InChI is InChI=1S/C19H16FNO5S/c1-24-14-9-4-11(16(25-2)17(14)26-3)10-15-18(22)21(19(23)27-15)13-7-5-12(20)6-8-13/h4-10H,1-3H3/b15-10-. The molecule has 0 bridgehead atoms. The van der Waals surface area contributed by atoms with Crippen LogP contribution in [0.2, 0.25) is 0 Å². The van der Waals surface area contributed by atoms with Crippen LogP contribution in [0.15, 0.2) is 41.3 Å². The first-order chi connectivity index (χ1) is 13.0. The van der Waals surface area contributed by atoms with Crippen LogP contribution >= 0.6 is 11.8 Å². The number of benzene rings is 2. The second-order valence-corrected chi connectivity index (χ2v) is 6.41. The summed E-state index contributed by atoms with van der Waals surface area (Å²) in [6, 6.07) is 8.53. The summed E-state index contributed by atoms with van der Waals surface area (Å²) in [5.74, 6) is 0.299. The van der Waals surface area contributed by atoms with Gasteiger partial charge in [-0.1, -0.05) is 0 Å². The van der Waals surface area contributed by atoms with Gasteiger partial charge in [-0.2, -0.15) is 0 Å². The lowest BCUT2D eigenvalue weighted by Gasteiger charge is -2.14. The molecule has 27 heavy (non-hydrogen) atoms. The van der Waals surface area contributed by atoms with Gasteiger partial charge in [-0.25, -0.2) is 9.29 Å². The van der Waals surface area contributed by atoms with Crippen LogP contribution in [0.25, 0.3) is 6.08 Å². The van der Waals surface area contributed by atoms with Gasteiger partial charge < -0.3 is 14.2 Å². The lowest BCUT2D eigenvalue weighted by atomic mass is 10.1. The minimum Gasteiger partial charge on any atom is -0.493 e. The van der Waals surface area contributed by atoms with Crippen molar-refractivity contribution in [3.63, 3.8) is 0 Å². The topological polar surface area (TPSA) is 65.1 Å². The van der Waals surface area contributed by atoms with E-state index in [1.807, 2.05) is 0 Å². The molecular formula is C19H16FNO5S. The molecule has 0 saturated carbocycles. The summed E-state index contributed by atoms with van der Waals surface area (Å²) in [5, 5.41) is -0.461. The van der Waals surface area contributed by atoms with E-state index in [0.717, 1.165) is 16.7 Å². The predicted octanol–water partition coefficient (Wildman–Crippen LogP) is 4.09. The molecule has 0 aliphatic carbocycles. The summed E-state index contributed by atoms with van der Waals surface area (Å²) in [5.41, 5.74) is 0.862. The minimum absolute atomic E-state index is 0.217. The van der Waals surface area contributed by atoms with Crippen LogP contribution in [0.1, 0.15) is 5.56 Å². The Morgan fingerprint density at radius 3 is 2.19 bits per heavy atom. The maximum absolute atomic E-state index is 13.1. The van der Waals surface area contributed by atoms with Crippen molar-refractivity contribution in [2.24, 2.45) is 0 Å². The Morgan fingerprint density at radius 2 is 1.59 bits per heavy atom. The highest BCUT2D eigenvalue weighted by atomic mass is 32.2. The van der Waals surface area contributed by atoms with Gasteiger partial charge in [0.15, 0.2) is 11.5 Å². The summed E-state index contributed by atoms with van der Waals surface area (Å²) in [6.07, 6.45) is 1.55. The Morgan fingerprint density at radius 1 is 0.926 bits per heavy atom. The largest absolute Gasteiger partial charge is 0.493 e. The normalized spacial score (nSPS) is 15.4. The fourth-order valence-corrected chi connectivity index (χ4v) is 3.49. The van der Waals surface area contributed by atoms with E-state index in [1.54, 1.807) is 18.2 Å². The third kappa shape index (κ3) is 3.48.